The Hall–Kier alpha value is -2.53. The molecule has 0 radical (unpaired) electrons. The number of hydrogen-bond acceptors (Lipinski definition) is 4. The third-order valence-electron chi connectivity index (χ3n) is 4.14. The topological polar surface area (TPSA) is 50.8 Å². The summed E-state index contributed by atoms with van der Waals surface area (Å²) in [6, 6.07) is 13.4. The Bertz CT molecular complexity index is 745. The molecule has 2 aliphatic rings. The van der Waals surface area contributed by atoms with Crippen molar-refractivity contribution in [2.45, 2.75) is 6.54 Å². The van der Waals surface area contributed by atoms with Gasteiger partial charge >= 0.3 is 0 Å². The second-order valence-electron chi connectivity index (χ2n) is 5.62. The van der Waals surface area contributed by atoms with Crippen LogP contribution in [0.25, 0.3) is 0 Å². The molecule has 0 fully saturated rings. The predicted octanol–water partition coefficient (Wildman–Crippen LogP) is 2.21. The molecule has 0 unspecified atom stereocenters. The van der Waals surface area contributed by atoms with E-state index in [-0.39, 0.29) is 5.91 Å². The number of anilines is 1. The quantitative estimate of drug-likeness (QED) is 0.877. The van der Waals surface area contributed by atoms with Gasteiger partial charge in [0.05, 0.1) is 0 Å². The summed E-state index contributed by atoms with van der Waals surface area (Å²) < 4.78 is 11.1. The van der Waals surface area contributed by atoms with Crippen LogP contribution in [0.2, 0.25) is 0 Å². The standard InChI is InChI=1S/C18H18N2O3/c21-18(13-5-6-16-17(11-13)23-10-9-22-16)20-8-7-19-12-14-3-1-2-4-15(14)20/h1-6,11,19H,7-10,12H2. The summed E-state index contributed by atoms with van der Waals surface area (Å²) in [5, 5.41) is 3.35. The number of carbonyl (C=O) groups excluding carboxylic acids is 1. The van der Waals surface area contributed by atoms with Gasteiger partial charge in [-0.15, -0.1) is 0 Å². The van der Waals surface area contributed by atoms with Crippen LogP contribution in [0, 0.1) is 0 Å². The van der Waals surface area contributed by atoms with Crippen molar-refractivity contribution in [3.63, 3.8) is 0 Å². The highest BCUT2D eigenvalue weighted by atomic mass is 16.6. The minimum atomic E-state index is -0.0156. The smallest absolute Gasteiger partial charge is 0.258 e. The van der Waals surface area contributed by atoms with Crippen LogP contribution in [0.1, 0.15) is 15.9 Å². The zero-order valence-corrected chi connectivity index (χ0v) is 12.7. The van der Waals surface area contributed by atoms with Crippen molar-refractivity contribution in [2.75, 3.05) is 31.2 Å². The maximum absolute atomic E-state index is 13.0. The van der Waals surface area contributed by atoms with Crippen molar-refractivity contribution in [3.8, 4) is 11.5 Å². The number of carbonyl (C=O) groups is 1. The van der Waals surface area contributed by atoms with Gasteiger partial charge in [0, 0.05) is 30.9 Å². The van der Waals surface area contributed by atoms with Gasteiger partial charge in [0.1, 0.15) is 13.2 Å². The molecule has 2 aromatic carbocycles. The molecule has 2 aliphatic heterocycles. The minimum absolute atomic E-state index is 0.0156. The monoisotopic (exact) mass is 310 g/mol. The molecule has 0 bridgehead atoms. The van der Waals surface area contributed by atoms with Crippen molar-refractivity contribution in [2.24, 2.45) is 0 Å². The summed E-state index contributed by atoms with van der Waals surface area (Å²) in [5.41, 5.74) is 2.72. The molecule has 0 spiro atoms. The minimum Gasteiger partial charge on any atom is -0.486 e. The van der Waals surface area contributed by atoms with Crippen LogP contribution in [-0.2, 0) is 6.54 Å². The van der Waals surface area contributed by atoms with E-state index in [2.05, 4.69) is 11.4 Å². The number of nitrogens with one attached hydrogen (secondary N) is 1. The molecular weight excluding hydrogens is 292 g/mol. The highest BCUT2D eigenvalue weighted by Gasteiger charge is 2.23. The van der Waals surface area contributed by atoms with E-state index >= 15 is 0 Å². The number of fused-ring (bicyclic) bond motifs is 2. The molecule has 0 aromatic heterocycles. The second-order valence-corrected chi connectivity index (χ2v) is 5.62. The Kier molecular flexibility index (Phi) is 3.63. The molecular formula is C18H18N2O3. The molecule has 0 saturated carbocycles. The van der Waals surface area contributed by atoms with E-state index in [1.807, 2.05) is 29.2 Å². The van der Waals surface area contributed by atoms with Crippen LogP contribution >= 0.6 is 0 Å². The zero-order valence-electron chi connectivity index (χ0n) is 12.7. The van der Waals surface area contributed by atoms with E-state index < -0.39 is 0 Å². The van der Waals surface area contributed by atoms with Crippen LogP contribution in [0.15, 0.2) is 42.5 Å². The number of rotatable bonds is 1. The first kappa shape index (κ1) is 14.1. The molecule has 0 aliphatic carbocycles. The highest BCUT2D eigenvalue weighted by Crippen LogP contribution is 2.32. The van der Waals surface area contributed by atoms with E-state index in [9.17, 15) is 4.79 Å². The van der Waals surface area contributed by atoms with Gasteiger partial charge in [0.15, 0.2) is 11.5 Å². The van der Waals surface area contributed by atoms with Gasteiger partial charge in [-0.25, -0.2) is 0 Å². The average molecular weight is 310 g/mol. The molecule has 0 atom stereocenters. The first-order valence-corrected chi connectivity index (χ1v) is 7.83. The van der Waals surface area contributed by atoms with E-state index in [1.54, 1.807) is 12.1 Å². The second kappa shape index (κ2) is 5.93. The van der Waals surface area contributed by atoms with Crippen LogP contribution in [0.3, 0.4) is 0 Å². The number of ether oxygens (including phenoxy) is 2. The Morgan fingerprint density at radius 1 is 1.04 bits per heavy atom. The number of para-hydroxylation sites is 1. The lowest BCUT2D eigenvalue weighted by Crippen LogP contribution is -2.34. The zero-order chi connectivity index (χ0) is 15.6. The van der Waals surface area contributed by atoms with E-state index in [1.165, 1.54) is 0 Å². The van der Waals surface area contributed by atoms with Crippen molar-refractivity contribution in [1.82, 2.24) is 5.32 Å². The van der Waals surface area contributed by atoms with Crippen molar-refractivity contribution >= 4 is 11.6 Å². The Balaban J connectivity index is 1.69. The van der Waals surface area contributed by atoms with Crippen LogP contribution in [0.5, 0.6) is 11.5 Å². The predicted molar refractivity (Wildman–Crippen MR) is 87.3 cm³/mol. The largest absolute Gasteiger partial charge is 0.486 e. The molecule has 23 heavy (non-hydrogen) atoms. The average Bonchev–Trinajstić information content (AvgIpc) is 2.83. The summed E-state index contributed by atoms with van der Waals surface area (Å²) in [6.07, 6.45) is 0. The Morgan fingerprint density at radius 2 is 1.87 bits per heavy atom. The van der Waals surface area contributed by atoms with Crippen LogP contribution < -0.4 is 19.7 Å². The third-order valence-corrected chi connectivity index (χ3v) is 4.14. The molecule has 5 nitrogen and oxygen atoms in total. The molecule has 5 heteroatoms. The fraction of sp³-hybridized carbons (Fsp3) is 0.278. The summed E-state index contributed by atoms with van der Waals surface area (Å²) in [6.45, 7) is 3.25. The van der Waals surface area contributed by atoms with E-state index in [0.717, 1.165) is 24.3 Å². The SMILES string of the molecule is O=C(c1ccc2c(c1)OCCO2)N1CCNCc2ccccc21. The first-order valence-electron chi connectivity index (χ1n) is 7.83. The van der Waals surface area contributed by atoms with Crippen molar-refractivity contribution < 1.29 is 14.3 Å². The lowest BCUT2D eigenvalue weighted by atomic mass is 10.1. The van der Waals surface area contributed by atoms with E-state index in [0.29, 0.717) is 36.8 Å². The van der Waals surface area contributed by atoms with Gasteiger partial charge in [-0.3, -0.25) is 4.79 Å². The summed E-state index contributed by atoms with van der Waals surface area (Å²) in [5.74, 6) is 1.33. The summed E-state index contributed by atoms with van der Waals surface area (Å²) >= 11 is 0. The number of benzene rings is 2. The fourth-order valence-corrected chi connectivity index (χ4v) is 3.00. The number of nitrogens with zero attached hydrogens (tertiary/aromatic N) is 1. The van der Waals surface area contributed by atoms with Gasteiger partial charge < -0.3 is 19.7 Å². The molecule has 118 valence electrons. The maximum atomic E-state index is 13.0. The van der Waals surface area contributed by atoms with Gasteiger partial charge in [0.2, 0.25) is 0 Å². The molecule has 2 aromatic rings. The molecule has 4 rings (SSSR count). The van der Waals surface area contributed by atoms with E-state index in [4.69, 9.17) is 9.47 Å². The molecule has 0 saturated heterocycles. The number of amides is 1. The summed E-state index contributed by atoms with van der Waals surface area (Å²) in [4.78, 5) is 14.8. The molecule has 2 heterocycles. The number of hydrogen-bond donors (Lipinski definition) is 1. The first-order chi connectivity index (χ1) is 11.3. The maximum Gasteiger partial charge on any atom is 0.258 e. The molecule has 1 amide bonds. The van der Waals surface area contributed by atoms with Crippen LogP contribution in [-0.4, -0.2) is 32.2 Å². The lowest BCUT2D eigenvalue weighted by Gasteiger charge is -2.24. The van der Waals surface area contributed by atoms with Gasteiger partial charge in [0.25, 0.3) is 5.91 Å². The summed E-state index contributed by atoms with van der Waals surface area (Å²) in [7, 11) is 0. The highest BCUT2D eigenvalue weighted by molar-refractivity contribution is 6.07. The van der Waals surface area contributed by atoms with Crippen molar-refractivity contribution in [3.05, 3.63) is 53.6 Å². The lowest BCUT2D eigenvalue weighted by molar-refractivity contribution is 0.0986. The third kappa shape index (κ3) is 2.64. The van der Waals surface area contributed by atoms with Gasteiger partial charge in [-0.2, -0.15) is 0 Å². The fourth-order valence-electron chi connectivity index (χ4n) is 3.00. The molecule has 1 N–H and O–H groups in total. The van der Waals surface area contributed by atoms with Crippen LogP contribution in [0.4, 0.5) is 5.69 Å². The van der Waals surface area contributed by atoms with Gasteiger partial charge in [-0.1, -0.05) is 18.2 Å². The van der Waals surface area contributed by atoms with Gasteiger partial charge in [-0.05, 0) is 29.8 Å². The Labute approximate surface area is 134 Å². The normalized spacial score (nSPS) is 16.4. The van der Waals surface area contributed by atoms with Crippen molar-refractivity contribution in [1.29, 1.82) is 0 Å². The Morgan fingerprint density at radius 3 is 2.78 bits per heavy atom.